The molecule has 2 aliphatic carbocycles. The zero-order valence-electron chi connectivity index (χ0n) is 13.7. The second kappa shape index (κ2) is 7.61. The third kappa shape index (κ3) is 3.65. The van der Waals surface area contributed by atoms with Crippen molar-refractivity contribution in [2.75, 3.05) is 13.7 Å². The summed E-state index contributed by atoms with van der Waals surface area (Å²) < 4.78 is 6.36. The summed E-state index contributed by atoms with van der Waals surface area (Å²) in [7, 11) is 2.12. The molecule has 0 spiro atoms. The Labute approximate surface area is 125 Å². The topological polar surface area (TPSA) is 21.3 Å². The van der Waals surface area contributed by atoms with Crippen LogP contribution in [-0.4, -0.2) is 25.3 Å². The van der Waals surface area contributed by atoms with E-state index in [2.05, 4.69) is 32.3 Å². The number of hydrogen-bond acceptors (Lipinski definition) is 2. The van der Waals surface area contributed by atoms with Crippen LogP contribution in [0.3, 0.4) is 0 Å². The van der Waals surface area contributed by atoms with Crippen molar-refractivity contribution < 1.29 is 4.74 Å². The highest BCUT2D eigenvalue weighted by Crippen LogP contribution is 2.40. The Hall–Kier alpha value is -0.340. The van der Waals surface area contributed by atoms with Crippen LogP contribution < -0.4 is 5.32 Å². The molecule has 2 heteroatoms. The fraction of sp³-hybridized carbons (Fsp3) is 0.889. The molecule has 116 valence electrons. The Morgan fingerprint density at radius 3 is 2.70 bits per heavy atom. The molecule has 1 N–H and O–H groups in total. The molecular weight excluding hydrogens is 246 g/mol. The summed E-state index contributed by atoms with van der Waals surface area (Å²) in [5.41, 5.74) is 1.67. The molecule has 1 unspecified atom stereocenters. The predicted octanol–water partition coefficient (Wildman–Crippen LogP) is 4.45. The van der Waals surface area contributed by atoms with Crippen LogP contribution >= 0.6 is 0 Å². The molecule has 1 saturated carbocycles. The van der Waals surface area contributed by atoms with Crippen molar-refractivity contribution in [3.8, 4) is 0 Å². The summed E-state index contributed by atoms with van der Waals surface area (Å²) in [6.45, 7) is 5.36. The first-order chi connectivity index (χ1) is 9.72. The Kier molecular flexibility index (Phi) is 6.10. The van der Waals surface area contributed by atoms with Gasteiger partial charge in [0.25, 0.3) is 0 Å². The van der Waals surface area contributed by atoms with Crippen molar-refractivity contribution in [1.29, 1.82) is 0 Å². The zero-order chi connectivity index (χ0) is 14.4. The van der Waals surface area contributed by atoms with Gasteiger partial charge in [0.2, 0.25) is 0 Å². The molecule has 2 aliphatic rings. The van der Waals surface area contributed by atoms with Gasteiger partial charge in [0.1, 0.15) is 0 Å². The summed E-state index contributed by atoms with van der Waals surface area (Å²) in [5.74, 6) is 0.865. The second-order valence-electron chi connectivity index (χ2n) is 6.78. The molecule has 1 fully saturated rings. The average Bonchev–Trinajstić information content (AvgIpc) is 2.72. The average molecular weight is 279 g/mol. The Balaban J connectivity index is 2.18. The van der Waals surface area contributed by atoms with Crippen LogP contribution in [0.2, 0.25) is 0 Å². The molecule has 2 rings (SSSR count). The van der Waals surface area contributed by atoms with Crippen molar-refractivity contribution in [2.45, 2.75) is 83.3 Å². The highest BCUT2D eigenvalue weighted by molar-refractivity contribution is 5.19. The molecular formula is C18H33NO. The maximum atomic E-state index is 6.36. The van der Waals surface area contributed by atoms with Gasteiger partial charge in [-0.1, -0.05) is 25.0 Å². The molecule has 1 atom stereocenters. The maximum absolute atomic E-state index is 6.36. The van der Waals surface area contributed by atoms with Gasteiger partial charge < -0.3 is 10.1 Å². The first-order valence-electron chi connectivity index (χ1n) is 8.72. The normalized spacial score (nSPS) is 33.4. The van der Waals surface area contributed by atoms with Crippen LogP contribution in [0.5, 0.6) is 0 Å². The summed E-state index contributed by atoms with van der Waals surface area (Å²) >= 11 is 0. The van der Waals surface area contributed by atoms with Crippen molar-refractivity contribution in [3.63, 3.8) is 0 Å². The van der Waals surface area contributed by atoms with E-state index in [0.717, 1.165) is 12.5 Å². The molecule has 0 aromatic carbocycles. The van der Waals surface area contributed by atoms with Gasteiger partial charge in [0.15, 0.2) is 0 Å². The Bertz CT molecular complexity index is 315. The van der Waals surface area contributed by atoms with Crippen molar-refractivity contribution in [3.05, 3.63) is 11.6 Å². The molecule has 20 heavy (non-hydrogen) atoms. The van der Waals surface area contributed by atoms with Crippen LogP contribution in [0.1, 0.15) is 71.6 Å². The molecule has 2 nitrogen and oxygen atoms in total. The number of ether oxygens (including phenoxy) is 1. The summed E-state index contributed by atoms with van der Waals surface area (Å²) in [6, 6.07) is 0.424. The monoisotopic (exact) mass is 279 g/mol. The summed E-state index contributed by atoms with van der Waals surface area (Å²) in [6.07, 6.45) is 14.2. The minimum Gasteiger partial charge on any atom is -0.373 e. The molecule has 0 aliphatic heterocycles. The molecule has 0 radical (unpaired) electrons. The standard InChI is InChI=1S/C18H33NO/c1-4-20-18(13-11-15(2)12-14-18)17(19-3)16-9-7-5-6-8-10-16/h9,15,17,19H,4-8,10-14H2,1-3H3. The van der Waals surface area contributed by atoms with E-state index in [9.17, 15) is 0 Å². The number of nitrogens with one attached hydrogen (secondary N) is 1. The van der Waals surface area contributed by atoms with E-state index >= 15 is 0 Å². The van der Waals surface area contributed by atoms with Crippen molar-refractivity contribution >= 4 is 0 Å². The quantitative estimate of drug-likeness (QED) is 0.751. The first-order valence-corrected chi connectivity index (χ1v) is 8.72. The highest BCUT2D eigenvalue weighted by Gasteiger charge is 2.42. The van der Waals surface area contributed by atoms with E-state index in [4.69, 9.17) is 4.74 Å². The van der Waals surface area contributed by atoms with Gasteiger partial charge in [-0.3, -0.25) is 0 Å². The van der Waals surface area contributed by atoms with Crippen LogP contribution in [-0.2, 0) is 4.74 Å². The second-order valence-corrected chi connectivity index (χ2v) is 6.78. The van der Waals surface area contributed by atoms with Gasteiger partial charge in [-0.05, 0) is 71.3 Å². The van der Waals surface area contributed by atoms with E-state index in [1.54, 1.807) is 5.57 Å². The van der Waals surface area contributed by atoms with E-state index in [0.29, 0.717) is 6.04 Å². The number of hydrogen-bond donors (Lipinski definition) is 1. The fourth-order valence-corrected chi connectivity index (χ4v) is 4.14. The molecule has 0 bridgehead atoms. The van der Waals surface area contributed by atoms with E-state index in [1.165, 1.54) is 57.8 Å². The Morgan fingerprint density at radius 2 is 2.05 bits per heavy atom. The van der Waals surface area contributed by atoms with Gasteiger partial charge >= 0.3 is 0 Å². The van der Waals surface area contributed by atoms with E-state index in [1.807, 2.05) is 0 Å². The largest absolute Gasteiger partial charge is 0.373 e. The summed E-state index contributed by atoms with van der Waals surface area (Å²) in [4.78, 5) is 0. The lowest BCUT2D eigenvalue weighted by Crippen LogP contribution is -2.54. The van der Waals surface area contributed by atoms with Crippen LogP contribution in [0.4, 0.5) is 0 Å². The molecule has 0 aromatic heterocycles. The number of likely N-dealkylation sites (N-methyl/N-ethyl adjacent to an activating group) is 1. The van der Waals surface area contributed by atoms with Gasteiger partial charge in [0.05, 0.1) is 11.6 Å². The SMILES string of the molecule is CCOC1(C(NC)C2=CCCCCC2)CCC(C)CC1. The van der Waals surface area contributed by atoms with Gasteiger partial charge in [0, 0.05) is 6.61 Å². The lowest BCUT2D eigenvalue weighted by Gasteiger charge is -2.45. The molecule has 0 aromatic rings. The van der Waals surface area contributed by atoms with Crippen LogP contribution in [0.15, 0.2) is 11.6 Å². The van der Waals surface area contributed by atoms with Crippen LogP contribution in [0.25, 0.3) is 0 Å². The predicted molar refractivity (Wildman–Crippen MR) is 86.0 cm³/mol. The molecule has 0 amide bonds. The molecule has 0 saturated heterocycles. The van der Waals surface area contributed by atoms with Gasteiger partial charge in [-0.25, -0.2) is 0 Å². The number of rotatable bonds is 5. The lowest BCUT2D eigenvalue weighted by molar-refractivity contribution is -0.0877. The Morgan fingerprint density at radius 1 is 1.30 bits per heavy atom. The van der Waals surface area contributed by atoms with E-state index in [-0.39, 0.29) is 5.60 Å². The fourth-order valence-electron chi connectivity index (χ4n) is 4.14. The van der Waals surface area contributed by atoms with Crippen molar-refractivity contribution in [1.82, 2.24) is 5.32 Å². The van der Waals surface area contributed by atoms with E-state index < -0.39 is 0 Å². The molecule has 0 heterocycles. The maximum Gasteiger partial charge on any atom is 0.0873 e. The third-order valence-corrected chi connectivity index (χ3v) is 5.31. The van der Waals surface area contributed by atoms with Gasteiger partial charge in [-0.2, -0.15) is 0 Å². The first kappa shape index (κ1) is 16.0. The van der Waals surface area contributed by atoms with Crippen LogP contribution in [0, 0.1) is 5.92 Å². The number of allylic oxidation sites excluding steroid dienone is 1. The van der Waals surface area contributed by atoms with Gasteiger partial charge in [-0.15, -0.1) is 0 Å². The summed E-state index contributed by atoms with van der Waals surface area (Å²) in [5, 5.41) is 3.62. The zero-order valence-corrected chi connectivity index (χ0v) is 13.7. The minimum absolute atomic E-state index is 0.0478. The smallest absolute Gasteiger partial charge is 0.0873 e. The minimum atomic E-state index is 0.0478. The van der Waals surface area contributed by atoms with Crippen molar-refractivity contribution in [2.24, 2.45) is 5.92 Å². The highest BCUT2D eigenvalue weighted by atomic mass is 16.5. The third-order valence-electron chi connectivity index (χ3n) is 5.31. The lowest BCUT2D eigenvalue weighted by atomic mass is 9.72.